The van der Waals surface area contributed by atoms with Crippen LogP contribution in [-0.2, 0) is 0 Å². The highest BCUT2D eigenvalue weighted by Crippen LogP contribution is 2.32. The SMILES string of the molecule is CCC(C)Nc1c(C(=O)NCCC(C)(C)O)cnc2c1[nH]c1cc(C#N)ccc12. The van der Waals surface area contributed by atoms with Gasteiger partial charge in [-0.3, -0.25) is 9.78 Å². The highest BCUT2D eigenvalue weighted by atomic mass is 16.3. The Balaban J connectivity index is 2.06. The van der Waals surface area contributed by atoms with Crippen LogP contribution in [0.1, 0.15) is 56.5 Å². The molecule has 152 valence electrons. The Hall–Kier alpha value is -3.11. The normalized spacial score (nSPS) is 12.7. The van der Waals surface area contributed by atoms with E-state index in [0.717, 1.165) is 28.4 Å². The second kappa shape index (κ2) is 8.10. The fraction of sp³-hybridized carbons (Fsp3) is 0.409. The number of carbonyl (C=O) groups excluding carboxylic acids is 1. The first-order valence-corrected chi connectivity index (χ1v) is 9.85. The average molecular weight is 393 g/mol. The predicted octanol–water partition coefficient (Wildman–Crippen LogP) is 3.69. The summed E-state index contributed by atoms with van der Waals surface area (Å²) in [5.41, 5.74) is 3.15. The Bertz CT molecular complexity index is 1090. The summed E-state index contributed by atoms with van der Waals surface area (Å²) in [6.45, 7) is 7.91. The number of hydrogen-bond donors (Lipinski definition) is 4. The highest BCUT2D eigenvalue weighted by molar-refractivity contribution is 6.13. The van der Waals surface area contributed by atoms with Crippen molar-refractivity contribution in [2.24, 2.45) is 0 Å². The number of pyridine rings is 1. The molecule has 0 bridgehead atoms. The van der Waals surface area contributed by atoms with Crippen LogP contribution in [0, 0.1) is 11.3 Å². The van der Waals surface area contributed by atoms with Gasteiger partial charge in [0.05, 0.1) is 39.5 Å². The van der Waals surface area contributed by atoms with Crippen LogP contribution in [0.3, 0.4) is 0 Å². The first-order valence-electron chi connectivity index (χ1n) is 9.85. The van der Waals surface area contributed by atoms with Gasteiger partial charge < -0.3 is 20.7 Å². The smallest absolute Gasteiger partial charge is 0.255 e. The van der Waals surface area contributed by atoms with Crippen LogP contribution < -0.4 is 10.6 Å². The minimum absolute atomic E-state index is 0.157. The third-order valence-electron chi connectivity index (χ3n) is 5.01. The number of carbonyl (C=O) groups is 1. The number of nitriles is 1. The van der Waals surface area contributed by atoms with Gasteiger partial charge in [-0.15, -0.1) is 0 Å². The standard InChI is InChI=1S/C22H27N5O2/c1-5-13(2)26-19-16(21(28)24-9-8-22(3,4)29)12-25-18-15-7-6-14(11-23)10-17(15)27-20(18)19/h6-7,10,12-13,27,29H,5,8-9H2,1-4H3,(H,24,28)(H,25,26). The Kier molecular flexibility index (Phi) is 5.76. The Morgan fingerprint density at radius 3 is 2.83 bits per heavy atom. The molecule has 0 spiro atoms. The van der Waals surface area contributed by atoms with Crippen molar-refractivity contribution < 1.29 is 9.90 Å². The molecule has 7 nitrogen and oxygen atoms in total. The number of nitrogens with zero attached hydrogens (tertiary/aromatic N) is 2. The molecule has 3 rings (SSSR count). The van der Waals surface area contributed by atoms with Crippen molar-refractivity contribution in [3.63, 3.8) is 0 Å². The van der Waals surface area contributed by atoms with Gasteiger partial charge in [0.1, 0.15) is 0 Å². The third-order valence-corrected chi connectivity index (χ3v) is 5.01. The summed E-state index contributed by atoms with van der Waals surface area (Å²) in [5, 5.41) is 26.2. The second-order valence-electron chi connectivity index (χ2n) is 8.04. The maximum Gasteiger partial charge on any atom is 0.255 e. The van der Waals surface area contributed by atoms with Gasteiger partial charge in [-0.2, -0.15) is 5.26 Å². The number of benzene rings is 1. The van der Waals surface area contributed by atoms with E-state index in [1.54, 1.807) is 32.2 Å². The minimum atomic E-state index is -0.844. The Morgan fingerprint density at radius 1 is 1.41 bits per heavy atom. The van der Waals surface area contributed by atoms with Crippen LogP contribution in [-0.4, -0.2) is 39.2 Å². The van der Waals surface area contributed by atoms with Gasteiger partial charge in [-0.25, -0.2) is 0 Å². The lowest BCUT2D eigenvalue weighted by atomic mass is 10.1. The van der Waals surface area contributed by atoms with Crippen molar-refractivity contribution >= 4 is 33.5 Å². The molecule has 1 atom stereocenters. The van der Waals surface area contributed by atoms with E-state index < -0.39 is 5.60 Å². The third kappa shape index (κ3) is 4.49. The maximum atomic E-state index is 12.9. The minimum Gasteiger partial charge on any atom is -0.390 e. The molecule has 0 saturated heterocycles. The number of aromatic amines is 1. The summed E-state index contributed by atoms with van der Waals surface area (Å²) in [4.78, 5) is 20.7. The molecule has 0 aliphatic carbocycles. The molecular formula is C22H27N5O2. The van der Waals surface area contributed by atoms with Gasteiger partial charge >= 0.3 is 0 Å². The molecule has 0 fully saturated rings. The predicted molar refractivity (Wildman–Crippen MR) is 115 cm³/mol. The molecule has 3 aromatic rings. The van der Waals surface area contributed by atoms with E-state index in [0.29, 0.717) is 29.8 Å². The van der Waals surface area contributed by atoms with Crippen LogP contribution in [0.2, 0.25) is 0 Å². The number of fused-ring (bicyclic) bond motifs is 3. The topological polar surface area (TPSA) is 114 Å². The molecule has 0 aliphatic rings. The van der Waals surface area contributed by atoms with Gasteiger partial charge in [-0.1, -0.05) is 6.92 Å². The number of hydrogen-bond acceptors (Lipinski definition) is 5. The first-order chi connectivity index (χ1) is 13.7. The lowest BCUT2D eigenvalue weighted by molar-refractivity contribution is 0.0693. The zero-order valence-electron chi connectivity index (χ0n) is 17.3. The van der Waals surface area contributed by atoms with Crippen LogP contribution in [0.4, 0.5) is 5.69 Å². The molecule has 2 aromatic heterocycles. The van der Waals surface area contributed by atoms with E-state index in [9.17, 15) is 15.2 Å². The van der Waals surface area contributed by atoms with Gasteiger partial charge in [0.2, 0.25) is 0 Å². The van der Waals surface area contributed by atoms with Gasteiger partial charge in [-0.05, 0) is 51.8 Å². The molecule has 4 N–H and O–H groups in total. The summed E-state index contributed by atoms with van der Waals surface area (Å²) in [6.07, 6.45) is 2.92. The van der Waals surface area contributed by atoms with Crippen LogP contribution in [0.15, 0.2) is 24.4 Å². The number of anilines is 1. The number of amides is 1. The van der Waals surface area contributed by atoms with Crippen molar-refractivity contribution in [3.05, 3.63) is 35.5 Å². The number of aliphatic hydroxyl groups is 1. The summed E-state index contributed by atoms with van der Waals surface area (Å²) < 4.78 is 0. The number of aromatic nitrogens is 2. The van der Waals surface area contributed by atoms with Crippen molar-refractivity contribution in [2.45, 2.75) is 52.2 Å². The largest absolute Gasteiger partial charge is 0.390 e. The number of H-pyrrole nitrogens is 1. The zero-order valence-corrected chi connectivity index (χ0v) is 17.3. The van der Waals surface area contributed by atoms with Crippen LogP contribution in [0.5, 0.6) is 0 Å². The van der Waals surface area contributed by atoms with Crippen molar-refractivity contribution in [1.29, 1.82) is 5.26 Å². The molecule has 1 unspecified atom stereocenters. The fourth-order valence-electron chi connectivity index (χ4n) is 3.14. The molecule has 0 radical (unpaired) electrons. The van der Waals surface area contributed by atoms with Crippen LogP contribution >= 0.6 is 0 Å². The van der Waals surface area contributed by atoms with Crippen molar-refractivity contribution in [1.82, 2.24) is 15.3 Å². The molecule has 1 aromatic carbocycles. The Labute approximate surface area is 170 Å². The van der Waals surface area contributed by atoms with Gasteiger partial charge in [0, 0.05) is 29.7 Å². The summed E-state index contributed by atoms with van der Waals surface area (Å²) in [6, 6.07) is 7.72. The number of rotatable bonds is 7. The van der Waals surface area contributed by atoms with E-state index in [1.807, 2.05) is 6.07 Å². The number of nitrogens with one attached hydrogen (secondary N) is 3. The van der Waals surface area contributed by atoms with Gasteiger partial charge in [0.25, 0.3) is 5.91 Å². The molecule has 0 aliphatic heterocycles. The molecule has 0 saturated carbocycles. The zero-order chi connectivity index (χ0) is 21.2. The van der Waals surface area contributed by atoms with E-state index in [-0.39, 0.29) is 11.9 Å². The fourth-order valence-corrected chi connectivity index (χ4v) is 3.14. The molecule has 1 amide bonds. The second-order valence-corrected chi connectivity index (χ2v) is 8.04. The quantitative estimate of drug-likeness (QED) is 0.489. The lowest BCUT2D eigenvalue weighted by Gasteiger charge is -2.19. The monoisotopic (exact) mass is 393 g/mol. The average Bonchev–Trinajstić information content (AvgIpc) is 3.05. The highest BCUT2D eigenvalue weighted by Gasteiger charge is 2.20. The van der Waals surface area contributed by atoms with E-state index >= 15 is 0 Å². The molecular weight excluding hydrogens is 366 g/mol. The van der Waals surface area contributed by atoms with Crippen LogP contribution in [0.25, 0.3) is 21.9 Å². The summed E-state index contributed by atoms with van der Waals surface area (Å²) in [5.74, 6) is -0.245. The van der Waals surface area contributed by atoms with E-state index in [2.05, 4.69) is 40.5 Å². The Morgan fingerprint density at radius 2 is 2.17 bits per heavy atom. The maximum absolute atomic E-state index is 12.9. The van der Waals surface area contributed by atoms with Crippen molar-refractivity contribution in [3.8, 4) is 6.07 Å². The molecule has 29 heavy (non-hydrogen) atoms. The summed E-state index contributed by atoms with van der Waals surface area (Å²) in [7, 11) is 0. The summed E-state index contributed by atoms with van der Waals surface area (Å²) >= 11 is 0. The first kappa shape index (κ1) is 20.6. The lowest BCUT2D eigenvalue weighted by Crippen LogP contribution is -2.31. The molecule has 7 heteroatoms. The van der Waals surface area contributed by atoms with E-state index in [1.165, 1.54) is 0 Å². The van der Waals surface area contributed by atoms with Gasteiger partial charge in [0.15, 0.2) is 0 Å². The van der Waals surface area contributed by atoms with E-state index in [4.69, 9.17) is 0 Å². The molecule has 2 heterocycles. The van der Waals surface area contributed by atoms with Crippen molar-refractivity contribution in [2.75, 3.05) is 11.9 Å².